The van der Waals surface area contributed by atoms with Crippen LogP contribution in [-0.4, -0.2) is 26.6 Å². The van der Waals surface area contributed by atoms with Gasteiger partial charge < -0.3 is 10.4 Å². The van der Waals surface area contributed by atoms with Crippen LogP contribution in [0.15, 0.2) is 0 Å². The largest absolute Gasteiger partial charge is 0.393 e. The standard InChI is InChI=1S/C8H13N3OS/c1-5-9-8(13-11-5)10-6-2-3-7(12)4-6/h6-7,12H,2-4H2,1H3,(H,9,10,11)/t6-,7+/m0/s1. The van der Waals surface area contributed by atoms with Crippen LogP contribution in [0.1, 0.15) is 25.1 Å². The molecular formula is C8H13N3OS. The van der Waals surface area contributed by atoms with E-state index in [0.717, 1.165) is 30.2 Å². The normalized spacial score (nSPS) is 27.8. The molecule has 0 aliphatic heterocycles. The molecule has 4 nitrogen and oxygen atoms in total. The molecule has 1 heterocycles. The Morgan fingerprint density at radius 3 is 2.92 bits per heavy atom. The van der Waals surface area contributed by atoms with E-state index in [1.807, 2.05) is 6.92 Å². The first kappa shape index (κ1) is 8.90. The summed E-state index contributed by atoms with van der Waals surface area (Å²) in [7, 11) is 0. The molecule has 13 heavy (non-hydrogen) atoms. The van der Waals surface area contributed by atoms with Crippen LogP contribution in [0.3, 0.4) is 0 Å². The van der Waals surface area contributed by atoms with E-state index in [4.69, 9.17) is 0 Å². The maximum Gasteiger partial charge on any atom is 0.202 e. The predicted molar refractivity (Wildman–Crippen MR) is 51.9 cm³/mol. The molecule has 1 aromatic heterocycles. The van der Waals surface area contributed by atoms with Gasteiger partial charge >= 0.3 is 0 Å². The lowest BCUT2D eigenvalue weighted by Gasteiger charge is -2.09. The lowest BCUT2D eigenvalue weighted by molar-refractivity contribution is 0.182. The first-order valence-electron chi connectivity index (χ1n) is 4.49. The first-order chi connectivity index (χ1) is 6.24. The van der Waals surface area contributed by atoms with Gasteiger partial charge in [0.05, 0.1) is 6.10 Å². The van der Waals surface area contributed by atoms with E-state index in [1.165, 1.54) is 11.5 Å². The van der Waals surface area contributed by atoms with Gasteiger partial charge in [-0.05, 0) is 26.2 Å². The van der Waals surface area contributed by atoms with Crippen LogP contribution in [0, 0.1) is 6.92 Å². The predicted octanol–water partition coefficient (Wildman–Crippen LogP) is 1.17. The second-order valence-corrected chi connectivity index (χ2v) is 4.21. The Balaban J connectivity index is 1.91. The monoisotopic (exact) mass is 199 g/mol. The minimum Gasteiger partial charge on any atom is -0.393 e. The van der Waals surface area contributed by atoms with Crippen molar-refractivity contribution in [2.45, 2.75) is 38.3 Å². The molecule has 1 aromatic rings. The van der Waals surface area contributed by atoms with Crippen molar-refractivity contribution < 1.29 is 5.11 Å². The lowest BCUT2D eigenvalue weighted by atomic mass is 10.2. The van der Waals surface area contributed by atoms with Crippen molar-refractivity contribution in [2.24, 2.45) is 0 Å². The summed E-state index contributed by atoms with van der Waals surface area (Å²) >= 11 is 1.38. The van der Waals surface area contributed by atoms with Crippen LogP contribution in [0.2, 0.25) is 0 Å². The number of nitrogens with zero attached hydrogens (tertiary/aromatic N) is 2. The topological polar surface area (TPSA) is 58.0 Å². The molecule has 1 fully saturated rings. The van der Waals surface area contributed by atoms with Gasteiger partial charge in [-0.15, -0.1) is 0 Å². The maximum absolute atomic E-state index is 9.31. The maximum atomic E-state index is 9.31. The summed E-state index contributed by atoms with van der Waals surface area (Å²) in [4.78, 5) is 4.21. The second-order valence-electron chi connectivity index (χ2n) is 3.45. The van der Waals surface area contributed by atoms with Crippen LogP contribution in [-0.2, 0) is 0 Å². The van der Waals surface area contributed by atoms with E-state index < -0.39 is 0 Å². The highest BCUT2D eigenvalue weighted by atomic mass is 32.1. The summed E-state index contributed by atoms with van der Waals surface area (Å²) in [5.41, 5.74) is 0. The van der Waals surface area contributed by atoms with Gasteiger partial charge in [0.1, 0.15) is 5.82 Å². The zero-order chi connectivity index (χ0) is 9.26. The van der Waals surface area contributed by atoms with Gasteiger partial charge in [0.2, 0.25) is 5.13 Å². The summed E-state index contributed by atoms with van der Waals surface area (Å²) in [6.45, 7) is 1.88. The number of nitrogens with one attached hydrogen (secondary N) is 1. The van der Waals surface area contributed by atoms with Crippen LogP contribution < -0.4 is 5.32 Å². The fourth-order valence-corrected chi connectivity index (χ4v) is 2.27. The van der Waals surface area contributed by atoms with E-state index in [1.54, 1.807) is 0 Å². The summed E-state index contributed by atoms with van der Waals surface area (Å²) < 4.78 is 4.08. The van der Waals surface area contributed by atoms with Crippen LogP contribution in [0.5, 0.6) is 0 Å². The minimum atomic E-state index is -0.133. The Kier molecular flexibility index (Phi) is 2.46. The van der Waals surface area contributed by atoms with E-state index in [-0.39, 0.29) is 6.10 Å². The smallest absolute Gasteiger partial charge is 0.202 e. The van der Waals surface area contributed by atoms with Gasteiger partial charge in [-0.3, -0.25) is 0 Å². The number of aryl methyl sites for hydroxylation is 1. The zero-order valence-electron chi connectivity index (χ0n) is 7.53. The SMILES string of the molecule is Cc1nsc(N[C@H]2CC[C@@H](O)C2)n1. The van der Waals surface area contributed by atoms with Gasteiger partial charge in [-0.1, -0.05) is 0 Å². The highest BCUT2D eigenvalue weighted by molar-refractivity contribution is 7.09. The molecule has 5 heteroatoms. The average molecular weight is 199 g/mol. The molecular weight excluding hydrogens is 186 g/mol. The molecule has 0 aromatic carbocycles. The quantitative estimate of drug-likeness (QED) is 0.750. The van der Waals surface area contributed by atoms with Crippen molar-refractivity contribution in [3.05, 3.63) is 5.82 Å². The van der Waals surface area contributed by atoms with Crippen molar-refractivity contribution >= 4 is 16.7 Å². The first-order valence-corrected chi connectivity index (χ1v) is 5.26. The lowest BCUT2D eigenvalue weighted by Crippen LogP contribution is -2.16. The minimum absolute atomic E-state index is 0.133. The van der Waals surface area contributed by atoms with Crippen molar-refractivity contribution in [2.75, 3.05) is 5.32 Å². The summed E-state index contributed by atoms with van der Waals surface area (Å²) in [6, 6.07) is 0.377. The highest BCUT2D eigenvalue weighted by Crippen LogP contribution is 2.23. The Labute approximate surface area is 81.2 Å². The molecule has 0 amide bonds. The van der Waals surface area contributed by atoms with Gasteiger partial charge in [-0.2, -0.15) is 4.37 Å². The van der Waals surface area contributed by atoms with Gasteiger partial charge in [-0.25, -0.2) is 4.98 Å². The fourth-order valence-electron chi connectivity index (χ4n) is 1.62. The number of aliphatic hydroxyl groups is 1. The molecule has 1 aliphatic rings. The van der Waals surface area contributed by atoms with Gasteiger partial charge in [0, 0.05) is 17.6 Å². The third-order valence-electron chi connectivity index (χ3n) is 2.26. The number of anilines is 1. The fraction of sp³-hybridized carbons (Fsp3) is 0.750. The number of rotatable bonds is 2. The molecule has 0 unspecified atom stereocenters. The Morgan fingerprint density at radius 2 is 2.38 bits per heavy atom. The summed E-state index contributed by atoms with van der Waals surface area (Å²) in [5.74, 6) is 0.811. The molecule has 0 bridgehead atoms. The van der Waals surface area contributed by atoms with Crippen LogP contribution in [0.25, 0.3) is 0 Å². The average Bonchev–Trinajstić information content (AvgIpc) is 2.62. The van der Waals surface area contributed by atoms with Crippen molar-refractivity contribution in [1.29, 1.82) is 0 Å². The Hall–Kier alpha value is -0.680. The Morgan fingerprint density at radius 1 is 1.54 bits per heavy atom. The van der Waals surface area contributed by atoms with Crippen molar-refractivity contribution in [1.82, 2.24) is 9.36 Å². The molecule has 2 N–H and O–H groups in total. The number of hydrogen-bond acceptors (Lipinski definition) is 5. The second kappa shape index (κ2) is 3.59. The molecule has 0 saturated heterocycles. The third-order valence-corrected chi connectivity index (χ3v) is 3.00. The molecule has 1 aliphatic carbocycles. The van der Waals surface area contributed by atoms with E-state index in [9.17, 15) is 5.11 Å². The molecule has 2 atom stereocenters. The zero-order valence-corrected chi connectivity index (χ0v) is 8.34. The van der Waals surface area contributed by atoms with E-state index in [2.05, 4.69) is 14.7 Å². The molecule has 72 valence electrons. The Bertz CT molecular complexity index is 289. The number of aromatic nitrogens is 2. The van der Waals surface area contributed by atoms with Crippen molar-refractivity contribution in [3.63, 3.8) is 0 Å². The van der Waals surface area contributed by atoms with Gasteiger partial charge in [0.25, 0.3) is 0 Å². The highest BCUT2D eigenvalue weighted by Gasteiger charge is 2.23. The molecule has 1 saturated carbocycles. The van der Waals surface area contributed by atoms with Gasteiger partial charge in [0.15, 0.2) is 0 Å². The van der Waals surface area contributed by atoms with Crippen LogP contribution >= 0.6 is 11.5 Å². The third kappa shape index (κ3) is 2.16. The van der Waals surface area contributed by atoms with Crippen LogP contribution in [0.4, 0.5) is 5.13 Å². The van der Waals surface area contributed by atoms with E-state index in [0.29, 0.717) is 6.04 Å². The molecule has 0 spiro atoms. The molecule has 0 radical (unpaired) electrons. The summed E-state index contributed by atoms with van der Waals surface area (Å²) in [6.07, 6.45) is 2.62. The van der Waals surface area contributed by atoms with Crippen molar-refractivity contribution in [3.8, 4) is 0 Å². The summed E-state index contributed by atoms with van der Waals surface area (Å²) in [5, 5.41) is 13.5. The van der Waals surface area contributed by atoms with E-state index >= 15 is 0 Å². The number of aliphatic hydroxyl groups excluding tert-OH is 1. The molecule has 2 rings (SSSR count). The number of hydrogen-bond donors (Lipinski definition) is 2.